The van der Waals surface area contributed by atoms with Crippen molar-refractivity contribution in [3.05, 3.63) is 35.7 Å². The number of carbonyl (C=O) groups excluding carboxylic acids is 1. The maximum absolute atomic E-state index is 12.7. The molecule has 1 aromatic heterocycles. The molecule has 2 aromatic rings. The third-order valence-electron chi connectivity index (χ3n) is 7.31. The lowest BCUT2D eigenvalue weighted by atomic mass is 9.53. The second-order valence-electron chi connectivity index (χ2n) is 10.0. The molecule has 0 saturated heterocycles. The summed E-state index contributed by atoms with van der Waals surface area (Å²) in [5, 5.41) is 7.52. The Bertz CT molecular complexity index is 849. The van der Waals surface area contributed by atoms with E-state index in [1.807, 2.05) is 12.1 Å². The summed E-state index contributed by atoms with van der Waals surface area (Å²) in [5.41, 5.74) is 2.31. The van der Waals surface area contributed by atoms with Crippen LogP contribution >= 0.6 is 0 Å². The fourth-order valence-corrected chi connectivity index (χ4v) is 6.33. The summed E-state index contributed by atoms with van der Waals surface area (Å²) in [7, 11) is 0. The van der Waals surface area contributed by atoms with E-state index in [4.69, 9.17) is 4.52 Å². The number of aromatic nitrogens is 2. The van der Waals surface area contributed by atoms with Gasteiger partial charge in [0.25, 0.3) is 0 Å². The van der Waals surface area contributed by atoms with E-state index < -0.39 is 0 Å². The summed E-state index contributed by atoms with van der Waals surface area (Å²) in [4.78, 5) is 17.2. The standard InChI is InChI=1S/C24H31N3O2/c1-15(2)19-3-5-20(6-4-19)23-25-22(29-27-23)8-7-21(28)26-24-12-16-9-17(13-24)11-18(10-16)14-24/h3-6,15-18H,7-14H2,1-2H3,(H,26,28). The lowest BCUT2D eigenvalue weighted by Crippen LogP contribution is -2.59. The van der Waals surface area contributed by atoms with Crippen molar-refractivity contribution in [1.29, 1.82) is 0 Å². The number of rotatable bonds is 6. The van der Waals surface area contributed by atoms with Crippen molar-refractivity contribution in [2.24, 2.45) is 17.8 Å². The number of hydrogen-bond donors (Lipinski definition) is 1. The van der Waals surface area contributed by atoms with Crippen LogP contribution < -0.4 is 5.32 Å². The molecule has 29 heavy (non-hydrogen) atoms. The van der Waals surface area contributed by atoms with Crippen LogP contribution in [0.5, 0.6) is 0 Å². The van der Waals surface area contributed by atoms with E-state index in [2.05, 4.69) is 41.4 Å². The van der Waals surface area contributed by atoms with Gasteiger partial charge in [-0.25, -0.2) is 0 Å². The third kappa shape index (κ3) is 3.84. The molecule has 0 aliphatic heterocycles. The SMILES string of the molecule is CC(C)c1ccc(-c2noc(CCC(=O)NC34CC5CC(CC(C5)C3)C4)n2)cc1. The van der Waals surface area contributed by atoms with Crippen LogP contribution in [-0.2, 0) is 11.2 Å². The fourth-order valence-electron chi connectivity index (χ4n) is 6.33. The first-order chi connectivity index (χ1) is 14.0. The first-order valence-corrected chi connectivity index (χ1v) is 11.2. The van der Waals surface area contributed by atoms with Crippen LogP contribution in [0, 0.1) is 17.8 Å². The highest BCUT2D eigenvalue weighted by Gasteiger charge is 2.51. The van der Waals surface area contributed by atoms with Gasteiger partial charge in [0.2, 0.25) is 17.6 Å². The average molecular weight is 394 g/mol. The zero-order valence-electron chi connectivity index (χ0n) is 17.5. The molecular weight excluding hydrogens is 362 g/mol. The van der Waals surface area contributed by atoms with Gasteiger partial charge in [-0.3, -0.25) is 4.79 Å². The van der Waals surface area contributed by atoms with Gasteiger partial charge >= 0.3 is 0 Å². The summed E-state index contributed by atoms with van der Waals surface area (Å²) in [6.45, 7) is 4.35. The van der Waals surface area contributed by atoms with Crippen LogP contribution in [0.3, 0.4) is 0 Å². The van der Waals surface area contributed by atoms with Crippen LogP contribution in [0.25, 0.3) is 11.4 Å². The van der Waals surface area contributed by atoms with Crippen molar-refractivity contribution < 1.29 is 9.32 Å². The zero-order chi connectivity index (χ0) is 20.0. The molecule has 5 heteroatoms. The molecule has 4 fully saturated rings. The van der Waals surface area contributed by atoms with E-state index >= 15 is 0 Å². The summed E-state index contributed by atoms with van der Waals surface area (Å²) < 4.78 is 5.40. The number of nitrogens with zero attached hydrogens (tertiary/aromatic N) is 2. The predicted molar refractivity (Wildman–Crippen MR) is 111 cm³/mol. The molecular formula is C24H31N3O2. The molecule has 1 heterocycles. The molecule has 4 saturated carbocycles. The second kappa shape index (κ2) is 7.26. The first-order valence-electron chi connectivity index (χ1n) is 11.2. The summed E-state index contributed by atoms with van der Waals surface area (Å²) >= 11 is 0. The smallest absolute Gasteiger partial charge is 0.227 e. The summed E-state index contributed by atoms with van der Waals surface area (Å²) in [5.74, 6) is 4.27. The minimum absolute atomic E-state index is 0.0734. The van der Waals surface area contributed by atoms with Gasteiger partial charge in [-0.2, -0.15) is 4.98 Å². The Morgan fingerprint density at radius 3 is 2.31 bits per heavy atom. The number of aryl methyl sites for hydroxylation is 1. The highest BCUT2D eigenvalue weighted by atomic mass is 16.5. The van der Waals surface area contributed by atoms with Gasteiger partial charge in [-0.15, -0.1) is 0 Å². The van der Waals surface area contributed by atoms with E-state index in [9.17, 15) is 4.79 Å². The quantitative estimate of drug-likeness (QED) is 0.760. The Hall–Kier alpha value is -2.17. The Morgan fingerprint density at radius 2 is 1.72 bits per heavy atom. The van der Waals surface area contributed by atoms with Gasteiger partial charge in [-0.05, 0) is 67.8 Å². The fraction of sp³-hybridized carbons (Fsp3) is 0.625. The Balaban J connectivity index is 1.17. The minimum Gasteiger partial charge on any atom is -0.351 e. The molecule has 154 valence electrons. The van der Waals surface area contributed by atoms with Gasteiger partial charge < -0.3 is 9.84 Å². The van der Waals surface area contributed by atoms with E-state index in [0.29, 0.717) is 30.5 Å². The van der Waals surface area contributed by atoms with Crippen molar-refractivity contribution in [1.82, 2.24) is 15.5 Å². The number of benzene rings is 1. The molecule has 4 aliphatic carbocycles. The van der Waals surface area contributed by atoms with Gasteiger partial charge in [0.15, 0.2) is 0 Å². The zero-order valence-corrected chi connectivity index (χ0v) is 17.5. The van der Waals surface area contributed by atoms with Gasteiger partial charge in [0.1, 0.15) is 0 Å². The molecule has 0 spiro atoms. The molecule has 1 N–H and O–H groups in total. The highest BCUT2D eigenvalue weighted by molar-refractivity contribution is 5.77. The van der Waals surface area contributed by atoms with Crippen molar-refractivity contribution in [3.8, 4) is 11.4 Å². The molecule has 4 bridgehead atoms. The van der Waals surface area contributed by atoms with Crippen LogP contribution in [0.4, 0.5) is 0 Å². The molecule has 1 aromatic carbocycles. The Labute approximate surface area is 172 Å². The molecule has 4 aliphatic rings. The number of hydrogen-bond acceptors (Lipinski definition) is 4. The maximum Gasteiger partial charge on any atom is 0.227 e. The van der Waals surface area contributed by atoms with Gasteiger partial charge in [0, 0.05) is 23.9 Å². The summed E-state index contributed by atoms with van der Waals surface area (Å²) in [6, 6.07) is 8.28. The van der Waals surface area contributed by atoms with Crippen LogP contribution in [0.1, 0.15) is 76.2 Å². The highest BCUT2D eigenvalue weighted by Crippen LogP contribution is 2.55. The van der Waals surface area contributed by atoms with E-state index in [1.54, 1.807) is 0 Å². The van der Waals surface area contributed by atoms with Gasteiger partial charge in [0.05, 0.1) is 0 Å². The molecule has 6 rings (SSSR count). The third-order valence-corrected chi connectivity index (χ3v) is 7.31. The van der Waals surface area contributed by atoms with E-state index in [0.717, 1.165) is 23.3 Å². The molecule has 0 radical (unpaired) electrons. The molecule has 1 amide bonds. The van der Waals surface area contributed by atoms with Crippen LogP contribution in [0.2, 0.25) is 0 Å². The number of amides is 1. The van der Waals surface area contributed by atoms with Crippen LogP contribution in [-0.4, -0.2) is 21.6 Å². The second-order valence-corrected chi connectivity index (χ2v) is 10.0. The maximum atomic E-state index is 12.7. The average Bonchev–Trinajstić information content (AvgIpc) is 3.14. The largest absolute Gasteiger partial charge is 0.351 e. The van der Waals surface area contributed by atoms with Crippen molar-refractivity contribution >= 4 is 5.91 Å². The normalized spacial score (nSPS) is 30.1. The Morgan fingerprint density at radius 1 is 1.10 bits per heavy atom. The predicted octanol–water partition coefficient (Wildman–Crippen LogP) is 4.88. The monoisotopic (exact) mass is 393 g/mol. The van der Waals surface area contributed by atoms with Crippen molar-refractivity contribution in [3.63, 3.8) is 0 Å². The lowest BCUT2D eigenvalue weighted by Gasteiger charge is -2.56. The van der Waals surface area contributed by atoms with Crippen molar-refractivity contribution in [2.75, 3.05) is 0 Å². The van der Waals surface area contributed by atoms with Crippen LogP contribution in [0.15, 0.2) is 28.8 Å². The topological polar surface area (TPSA) is 68.0 Å². The van der Waals surface area contributed by atoms with E-state index in [1.165, 1.54) is 44.1 Å². The summed E-state index contributed by atoms with van der Waals surface area (Å²) in [6.07, 6.45) is 8.62. The van der Waals surface area contributed by atoms with Gasteiger partial charge in [-0.1, -0.05) is 43.3 Å². The van der Waals surface area contributed by atoms with Crippen molar-refractivity contribution in [2.45, 2.75) is 76.7 Å². The molecule has 5 nitrogen and oxygen atoms in total. The number of carbonyl (C=O) groups is 1. The first kappa shape index (κ1) is 18.8. The lowest BCUT2D eigenvalue weighted by molar-refractivity contribution is -0.126. The number of nitrogens with one attached hydrogen (secondary N) is 1. The minimum atomic E-state index is 0.0734. The van der Waals surface area contributed by atoms with E-state index in [-0.39, 0.29) is 11.4 Å². The molecule has 0 unspecified atom stereocenters. The Kier molecular flexibility index (Phi) is 4.72. The molecule has 0 atom stereocenters.